The fourth-order valence-corrected chi connectivity index (χ4v) is 2.35. The highest BCUT2D eigenvalue weighted by Gasteiger charge is 2.30. The molecule has 1 aliphatic rings. The van der Waals surface area contributed by atoms with Gasteiger partial charge in [0.25, 0.3) is 0 Å². The van der Waals surface area contributed by atoms with Crippen LogP contribution in [0.4, 0.5) is 14.9 Å². The number of para-hydroxylation sites is 1. The summed E-state index contributed by atoms with van der Waals surface area (Å²) in [5.74, 6) is -0.681. The third-order valence-corrected chi connectivity index (χ3v) is 3.23. The first kappa shape index (κ1) is 13.3. The molecule has 1 amide bonds. The summed E-state index contributed by atoms with van der Waals surface area (Å²) in [6.45, 7) is 1.37. The summed E-state index contributed by atoms with van der Waals surface area (Å²) in [6.07, 6.45) is -0.0229. The minimum atomic E-state index is -1.23. The van der Waals surface area contributed by atoms with Crippen LogP contribution < -0.4 is 10.2 Å². The van der Waals surface area contributed by atoms with Gasteiger partial charge in [0.15, 0.2) is 0 Å². The number of nitrogens with zero attached hydrogens (tertiary/aromatic N) is 2. The van der Waals surface area contributed by atoms with E-state index in [0.717, 1.165) is 4.90 Å². The van der Waals surface area contributed by atoms with Crippen molar-refractivity contribution in [3.05, 3.63) is 29.6 Å². The number of carboxylic acid groups (broad SMARTS) is 1. The van der Waals surface area contributed by atoms with Crippen LogP contribution in [0.15, 0.2) is 18.2 Å². The molecule has 2 N–H and O–H groups in total. The van der Waals surface area contributed by atoms with Crippen molar-refractivity contribution in [2.75, 3.05) is 18.0 Å². The molecule has 0 aliphatic carbocycles. The monoisotopic (exact) mass is 263 g/mol. The van der Waals surface area contributed by atoms with Crippen LogP contribution in [0.25, 0.3) is 0 Å². The molecule has 1 heterocycles. The van der Waals surface area contributed by atoms with E-state index >= 15 is 0 Å². The highest BCUT2D eigenvalue weighted by Crippen LogP contribution is 2.28. The summed E-state index contributed by atoms with van der Waals surface area (Å²) in [5.41, 5.74) is -0.0923. The Balaban J connectivity index is 2.45. The predicted molar refractivity (Wildman–Crippen MR) is 67.5 cm³/mol. The normalized spacial score (nSPS) is 15.8. The number of amides is 1. The number of piperidine rings is 1. The van der Waals surface area contributed by atoms with Gasteiger partial charge in [-0.25, -0.2) is 9.18 Å². The van der Waals surface area contributed by atoms with Gasteiger partial charge in [0.2, 0.25) is 0 Å². The average Bonchev–Trinajstić information content (AvgIpc) is 2.41. The van der Waals surface area contributed by atoms with E-state index in [1.54, 1.807) is 0 Å². The molecule has 100 valence electrons. The van der Waals surface area contributed by atoms with Crippen molar-refractivity contribution in [3.8, 4) is 6.07 Å². The lowest BCUT2D eigenvalue weighted by atomic mass is 10.0. The summed E-state index contributed by atoms with van der Waals surface area (Å²) in [4.78, 5) is 12.4. The Morgan fingerprint density at radius 2 is 2.16 bits per heavy atom. The molecule has 6 heteroatoms. The van der Waals surface area contributed by atoms with Gasteiger partial charge in [0.1, 0.15) is 17.6 Å². The number of hydrogen-bond donors (Lipinski definition) is 2. The van der Waals surface area contributed by atoms with Crippen LogP contribution in [0.3, 0.4) is 0 Å². The van der Waals surface area contributed by atoms with E-state index in [1.807, 2.05) is 6.07 Å². The Morgan fingerprint density at radius 3 is 2.74 bits per heavy atom. The van der Waals surface area contributed by atoms with Crippen LogP contribution in [0.1, 0.15) is 18.4 Å². The number of halogens is 1. The molecule has 0 radical (unpaired) electrons. The van der Waals surface area contributed by atoms with Gasteiger partial charge in [-0.2, -0.15) is 5.26 Å². The zero-order valence-electron chi connectivity index (χ0n) is 10.3. The minimum absolute atomic E-state index is 0.0425. The Labute approximate surface area is 110 Å². The fourth-order valence-electron chi connectivity index (χ4n) is 2.35. The Kier molecular flexibility index (Phi) is 3.97. The van der Waals surface area contributed by atoms with Crippen molar-refractivity contribution < 1.29 is 14.3 Å². The van der Waals surface area contributed by atoms with Crippen molar-refractivity contribution >= 4 is 11.8 Å². The van der Waals surface area contributed by atoms with Crippen molar-refractivity contribution in [2.24, 2.45) is 0 Å². The van der Waals surface area contributed by atoms with E-state index in [4.69, 9.17) is 5.26 Å². The number of rotatable bonds is 2. The maximum atomic E-state index is 13.9. The minimum Gasteiger partial charge on any atom is -0.465 e. The Bertz CT molecular complexity index is 521. The van der Waals surface area contributed by atoms with Gasteiger partial charge in [-0.05, 0) is 38.1 Å². The maximum Gasteiger partial charge on any atom is 0.412 e. The number of nitriles is 1. The zero-order valence-corrected chi connectivity index (χ0v) is 10.3. The molecule has 0 aromatic heterocycles. The standard InChI is InChI=1S/C13H14FN3O2/c14-11-3-1-2-9(8-15)12(11)17(13(18)19)10-4-6-16-7-5-10/h1-3,10,16H,4-7H2,(H,18,19). The van der Waals surface area contributed by atoms with Gasteiger partial charge < -0.3 is 10.4 Å². The van der Waals surface area contributed by atoms with Crippen LogP contribution in [0.2, 0.25) is 0 Å². The molecule has 0 spiro atoms. The first-order chi connectivity index (χ1) is 9.15. The molecular weight excluding hydrogens is 249 g/mol. The number of nitrogens with one attached hydrogen (secondary N) is 1. The summed E-state index contributed by atoms with van der Waals surface area (Å²) in [5, 5.41) is 21.5. The molecule has 19 heavy (non-hydrogen) atoms. The highest BCUT2D eigenvalue weighted by molar-refractivity contribution is 5.89. The maximum absolute atomic E-state index is 13.9. The predicted octanol–water partition coefficient (Wildman–Crippen LogP) is 1.93. The number of hydrogen-bond acceptors (Lipinski definition) is 3. The third-order valence-electron chi connectivity index (χ3n) is 3.23. The second-order valence-electron chi connectivity index (χ2n) is 4.38. The van der Waals surface area contributed by atoms with E-state index < -0.39 is 11.9 Å². The summed E-state index contributed by atoms with van der Waals surface area (Å²) >= 11 is 0. The zero-order chi connectivity index (χ0) is 13.8. The molecule has 0 bridgehead atoms. The van der Waals surface area contributed by atoms with Gasteiger partial charge in [0.05, 0.1) is 5.56 Å². The average molecular weight is 263 g/mol. The second-order valence-corrected chi connectivity index (χ2v) is 4.38. The molecule has 1 fully saturated rings. The van der Waals surface area contributed by atoms with Crippen molar-refractivity contribution in [1.82, 2.24) is 5.32 Å². The SMILES string of the molecule is N#Cc1cccc(F)c1N(C(=O)O)C1CCNCC1. The smallest absolute Gasteiger partial charge is 0.412 e. The number of benzene rings is 1. The van der Waals surface area contributed by atoms with E-state index in [0.29, 0.717) is 25.9 Å². The van der Waals surface area contributed by atoms with Crippen LogP contribution in [-0.2, 0) is 0 Å². The first-order valence-corrected chi connectivity index (χ1v) is 6.06. The highest BCUT2D eigenvalue weighted by atomic mass is 19.1. The molecule has 1 aliphatic heterocycles. The van der Waals surface area contributed by atoms with Gasteiger partial charge in [-0.3, -0.25) is 4.90 Å². The first-order valence-electron chi connectivity index (χ1n) is 6.06. The van der Waals surface area contributed by atoms with E-state index in [9.17, 15) is 14.3 Å². The van der Waals surface area contributed by atoms with Crippen LogP contribution in [0.5, 0.6) is 0 Å². The molecule has 1 aromatic carbocycles. The largest absolute Gasteiger partial charge is 0.465 e. The van der Waals surface area contributed by atoms with Crippen molar-refractivity contribution in [3.63, 3.8) is 0 Å². The lowest BCUT2D eigenvalue weighted by Gasteiger charge is -2.33. The second kappa shape index (κ2) is 5.67. The van der Waals surface area contributed by atoms with Gasteiger partial charge in [0, 0.05) is 6.04 Å². The van der Waals surface area contributed by atoms with Crippen LogP contribution >= 0.6 is 0 Å². The van der Waals surface area contributed by atoms with Crippen LogP contribution in [0, 0.1) is 17.1 Å². The fraction of sp³-hybridized carbons (Fsp3) is 0.385. The third kappa shape index (κ3) is 2.66. The summed E-state index contributed by atoms with van der Waals surface area (Å²) in [6, 6.07) is 5.55. The molecule has 5 nitrogen and oxygen atoms in total. The molecule has 1 saturated heterocycles. The molecule has 0 saturated carbocycles. The van der Waals surface area contributed by atoms with Gasteiger partial charge in [-0.15, -0.1) is 0 Å². The van der Waals surface area contributed by atoms with Crippen LogP contribution in [-0.4, -0.2) is 30.3 Å². The molecule has 0 unspecified atom stereocenters. The van der Waals surface area contributed by atoms with Crippen molar-refractivity contribution in [1.29, 1.82) is 5.26 Å². The van der Waals surface area contributed by atoms with E-state index in [-0.39, 0.29) is 17.3 Å². The topological polar surface area (TPSA) is 76.4 Å². The quantitative estimate of drug-likeness (QED) is 0.854. The van der Waals surface area contributed by atoms with E-state index in [1.165, 1.54) is 18.2 Å². The van der Waals surface area contributed by atoms with E-state index in [2.05, 4.69) is 5.32 Å². The summed E-state index contributed by atoms with van der Waals surface area (Å²) in [7, 11) is 0. The molecular formula is C13H14FN3O2. The Morgan fingerprint density at radius 1 is 1.47 bits per heavy atom. The lowest BCUT2D eigenvalue weighted by molar-refractivity contribution is 0.196. The number of carbonyl (C=O) groups is 1. The van der Waals surface area contributed by atoms with Gasteiger partial charge in [-0.1, -0.05) is 6.07 Å². The number of anilines is 1. The summed E-state index contributed by atoms with van der Waals surface area (Å²) < 4.78 is 13.9. The van der Waals surface area contributed by atoms with Gasteiger partial charge >= 0.3 is 6.09 Å². The Hall–Kier alpha value is -2.13. The molecule has 2 rings (SSSR count). The molecule has 0 atom stereocenters. The van der Waals surface area contributed by atoms with Crippen molar-refractivity contribution in [2.45, 2.75) is 18.9 Å². The lowest BCUT2D eigenvalue weighted by Crippen LogP contribution is -2.46. The molecule has 1 aromatic rings.